The van der Waals surface area contributed by atoms with Crippen LogP contribution >= 0.6 is 11.6 Å². The highest BCUT2D eigenvalue weighted by Gasteiger charge is 2.37. The van der Waals surface area contributed by atoms with Crippen LogP contribution in [-0.2, 0) is 31.9 Å². The number of likely N-dealkylation sites (N-methyl/N-ethyl adjacent to an activating group) is 1. The number of ether oxygens (including phenoxy) is 2. The molecule has 13 nitrogen and oxygen atoms in total. The molecule has 2 N–H and O–H groups in total. The number of phenolic OH excluding ortho intramolecular Hbond substituents is 1. The van der Waals surface area contributed by atoms with E-state index in [1.807, 2.05) is 53.1 Å². The van der Waals surface area contributed by atoms with Crippen molar-refractivity contribution in [3.05, 3.63) is 58.1 Å². The third-order valence-electron chi connectivity index (χ3n) is 12.1. The van der Waals surface area contributed by atoms with E-state index in [2.05, 4.69) is 10.2 Å². The van der Waals surface area contributed by atoms with E-state index in [-0.39, 0.29) is 41.1 Å². The largest absolute Gasteiger partial charge is 0.506 e. The van der Waals surface area contributed by atoms with E-state index in [1.54, 1.807) is 24.0 Å². The van der Waals surface area contributed by atoms with Crippen LogP contribution in [0.2, 0.25) is 5.02 Å². The minimum Gasteiger partial charge on any atom is -0.506 e. The molecule has 2 aromatic carbocycles. The van der Waals surface area contributed by atoms with Crippen molar-refractivity contribution >= 4 is 41.3 Å². The van der Waals surface area contributed by atoms with Gasteiger partial charge in [-0.2, -0.15) is 0 Å². The monoisotopic (exact) mass is 794 g/mol. The van der Waals surface area contributed by atoms with E-state index in [9.17, 15) is 24.3 Å². The second-order valence-electron chi connectivity index (χ2n) is 16.2. The molecule has 0 radical (unpaired) electrons. The lowest BCUT2D eigenvalue weighted by Gasteiger charge is -2.41. The average molecular weight is 795 g/mol. The van der Waals surface area contributed by atoms with E-state index >= 15 is 0 Å². The second-order valence-corrected chi connectivity index (χ2v) is 16.6. The third-order valence-corrected chi connectivity index (χ3v) is 12.4. The number of esters is 1. The highest BCUT2D eigenvalue weighted by atomic mass is 35.5. The number of likely N-dealkylation sites (tertiary alicyclic amines) is 3. The molecule has 0 spiro atoms. The lowest BCUT2D eigenvalue weighted by molar-refractivity contribution is -0.144. The van der Waals surface area contributed by atoms with Gasteiger partial charge in [0.05, 0.1) is 11.4 Å². The fourth-order valence-electron chi connectivity index (χ4n) is 8.72. The Labute approximate surface area is 336 Å². The van der Waals surface area contributed by atoms with Crippen molar-refractivity contribution in [2.75, 3.05) is 84.9 Å². The lowest BCUT2D eigenvalue weighted by atomic mass is 9.78. The molecule has 0 unspecified atom stereocenters. The van der Waals surface area contributed by atoms with Crippen molar-refractivity contribution in [2.45, 2.75) is 76.9 Å². The number of carbonyl (C=O) groups is 4. The molecule has 0 saturated carbocycles. The Hall–Kier alpha value is -4.07. The van der Waals surface area contributed by atoms with Crippen molar-refractivity contribution in [1.82, 2.24) is 24.5 Å². The molecule has 3 fully saturated rings. The molecule has 0 aromatic heterocycles. The van der Waals surface area contributed by atoms with Crippen LogP contribution in [0.25, 0.3) is 0 Å². The summed E-state index contributed by atoms with van der Waals surface area (Å²) in [6, 6.07) is 11.1. The maximum absolute atomic E-state index is 14.2. The number of rotatable bonds is 12. The van der Waals surface area contributed by atoms with E-state index in [4.69, 9.17) is 21.1 Å². The summed E-state index contributed by atoms with van der Waals surface area (Å²) in [5.74, 6) is 0.713. The van der Waals surface area contributed by atoms with Crippen LogP contribution in [-0.4, -0.2) is 145 Å². The second kappa shape index (κ2) is 19.4. The summed E-state index contributed by atoms with van der Waals surface area (Å²) in [5, 5.41) is 13.5. The van der Waals surface area contributed by atoms with Gasteiger partial charge in [-0.25, -0.2) is 9.59 Å². The van der Waals surface area contributed by atoms with Crippen LogP contribution in [0.15, 0.2) is 36.4 Å². The minimum atomic E-state index is -1.05. The Balaban J connectivity index is 1.00. The summed E-state index contributed by atoms with van der Waals surface area (Å²) in [5.41, 5.74) is 3.24. The van der Waals surface area contributed by atoms with E-state index in [1.165, 1.54) is 0 Å². The van der Waals surface area contributed by atoms with Crippen molar-refractivity contribution in [3.8, 4) is 5.75 Å². The molecule has 4 aliphatic rings. The van der Waals surface area contributed by atoms with Gasteiger partial charge in [0.25, 0.3) is 5.91 Å². The van der Waals surface area contributed by atoms with Gasteiger partial charge in [-0.15, -0.1) is 0 Å². The van der Waals surface area contributed by atoms with Crippen LogP contribution in [0.4, 0.5) is 15.3 Å². The number of phenols is 1. The number of amides is 4. The summed E-state index contributed by atoms with van der Waals surface area (Å²) < 4.78 is 11.4. The fraction of sp³-hybridized carbons (Fsp3) is 0.619. The number of benzene rings is 2. The number of aryl methyl sites for hydroxylation is 1. The Kier molecular flexibility index (Phi) is 14.4. The third kappa shape index (κ3) is 10.9. The van der Waals surface area contributed by atoms with Crippen molar-refractivity contribution in [1.29, 1.82) is 0 Å². The summed E-state index contributed by atoms with van der Waals surface area (Å²) in [4.78, 5) is 62.9. The molecule has 3 saturated heterocycles. The molecule has 0 bridgehead atoms. The zero-order valence-electron chi connectivity index (χ0n) is 33.2. The number of hydrogen-bond donors (Lipinski definition) is 2. The highest BCUT2D eigenvalue weighted by Crippen LogP contribution is 2.34. The molecular weight excluding hydrogens is 736 g/mol. The SMILES string of the molecule is Cc1cc(C[C@@H](OC(=O)N2CCC(N3CCc4ccccc4NC3=O)CC2)C(=O)N2CCC(C3CCN(CCC(=O)OCCN(C)C)CC3)CC2)cc(Cl)c1O. The first-order chi connectivity index (χ1) is 26.9. The number of fused-ring (bicyclic) bond motifs is 1. The fourth-order valence-corrected chi connectivity index (χ4v) is 9.01. The Morgan fingerprint density at radius 1 is 0.929 bits per heavy atom. The maximum atomic E-state index is 14.2. The van der Waals surface area contributed by atoms with Crippen LogP contribution in [0.5, 0.6) is 5.75 Å². The van der Waals surface area contributed by atoms with Crippen molar-refractivity contribution in [3.63, 3.8) is 0 Å². The predicted molar refractivity (Wildman–Crippen MR) is 215 cm³/mol. The summed E-state index contributed by atoms with van der Waals surface area (Å²) >= 11 is 6.32. The van der Waals surface area contributed by atoms with Gasteiger partial charge in [-0.3, -0.25) is 9.59 Å². The van der Waals surface area contributed by atoms with Crippen LogP contribution in [0.3, 0.4) is 0 Å². The molecule has 6 rings (SSSR count). The quantitative estimate of drug-likeness (QED) is 0.271. The molecule has 2 aromatic rings. The maximum Gasteiger partial charge on any atom is 0.410 e. The van der Waals surface area contributed by atoms with Crippen LogP contribution in [0, 0.1) is 18.8 Å². The normalized spacial score (nSPS) is 19.7. The molecule has 1 atom stereocenters. The molecule has 56 heavy (non-hydrogen) atoms. The van der Waals surface area contributed by atoms with Gasteiger partial charge in [0.2, 0.25) is 0 Å². The van der Waals surface area contributed by atoms with Gasteiger partial charge in [-0.05, 0) is 120 Å². The number of para-hydroxylation sites is 1. The number of aromatic hydroxyl groups is 1. The number of hydrogen-bond acceptors (Lipinski definition) is 9. The molecule has 4 amide bonds. The zero-order valence-corrected chi connectivity index (χ0v) is 34.0. The average Bonchev–Trinajstić information content (AvgIpc) is 3.36. The van der Waals surface area contributed by atoms with E-state index in [0.29, 0.717) is 81.6 Å². The summed E-state index contributed by atoms with van der Waals surface area (Å²) in [7, 11) is 3.91. The number of halogens is 1. The first kappa shape index (κ1) is 41.6. The van der Waals surface area contributed by atoms with Crippen LogP contribution in [0.1, 0.15) is 61.6 Å². The number of anilines is 1. The van der Waals surface area contributed by atoms with Crippen molar-refractivity contribution in [2.24, 2.45) is 11.8 Å². The lowest BCUT2D eigenvalue weighted by Crippen LogP contribution is -2.52. The molecule has 4 heterocycles. The topological polar surface area (TPSA) is 135 Å². The van der Waals surface area contributed by atoms with Gasteiger partial charge in [0, 0.05) is 64.0 Å². The first-order valence-electron chi connectivity index (χ1n) is 20.4. The summed E-state index contributed by atoms with van der Waals surface area (Å²) in [6.07, 6.45) is 4.86. The van der Waals surface area contributed by atoms with Gasteiger partial charge in [0.15, 0.2) is 6.10 Å². The van der Waals surface area contributed by atoms with Gasteiger partial charge in [0.1, 0.15) is 12.4 Å². The minimum absolute atomic E-state index is 0.00819. The smallest absolute Gasteiger partial charge is 0.410 e. The predicted octanol–water partition coefficient (Wildman–Crippen LogP) is 5.40. The number of piperidine rings is 3. The zero-order chi connectivity index (χ0) is 39.8. The standard InChI is InChI=1S/C42H59ClN6O7/c1-29-26-30(27-35(43)39(29)51)28-37(56-42(54)48-21-13-34(14-22-48)49-23-12-33-6-4-5-7-36(33)44-41(49)53)40(52)47-19-10-32(11-20-47)31-8-16-46(17-9-31)18-15-38(50)55-25-24-45(2)3/h4-7,26-27,31-32,34,37,51H,8-25,28H2,1-3H3,(H,44,53)/t37-/m1/s1. The summed E-state index contributed by atoms with van der Waals surface area (Å²) in [6.45, 7) is 8.14. The van der Waals surface area contributed by atoms with E-state index in [0.717, 1.165) is 69.5 Å². The Morgan fingerprint density at radius 3 is 2.27 bits per heavy atom. The molecule has 0 aliphatic carbocycles. The van der Waals surface area contributed by atoms with Crippen molar-refractivity contribution < 1.29 is 33.8 Å². The highest BCUT2D eigenvalue weighted by molar-refractivity contribution is 6.32. The van der Waals surface area contributed by atoms with Crippen LogP contribution < -0.4 is 5.32 Å². The Bertz CT molecular complexity index is 1660. The molecule has 306 valence electrons. The van der Waals surface area contributed by atoms with Gasteiger partial charge >= 0.3 is 18.1 Å². The molecule has 4 aliphatic heterocycles. The first-order valence-corrected chi connectivity index (χ1v) is 20.7. The number of urea groups is 1. The number of carbonyl (C=O) groups excluding carboxylic acids is 4. The van der Waals surface area contributed by atoms with E-state index < -0.39 is 12.2 Å². The number of nitrogens with one attached hydrogen (secondary N) is 1. The molecular formula is C42H59ClN6O7. The van der Waals surface area contributed by atoms with Gasteiger partial charge in [-0.1, -0.05) is 35.9 Å². The number of nitrogens with zero attached hydrogens (tertiary/aromatic N) is 5. The molecule has 14 heteroatoms. The van der Waals surface area contributed by atoms with Gasteiger partial charge < -0.3 is 44.4 Å². The Morgan fingerprint density at radius 2 is 1.59 bits per heavy atom.